The van der Waals surface area contributed by atoms with Crippen molar-refractivity contribution in [1.82, 2.24) is 9.88 Å². The number of hydrogen-bond acceptors (Lipinski definition) is 3. The maximum absolute atomic E-state index is 12.7. The van der Waals surface area contributed by atoms with Crippen molar-refractivity contribution in [3.05, 3.63) is 50.6 Å². The van der Waals surface area contributed by atoms with Crippen LogP contribution >= 0.6 is 23.2 Å². The number of hydrogen-bond donors (Lipinski definition) is 1. The first-order valence-electron chi connectivity index (χ1n) is 8.33. The van der Waals surface area contributed by atoms with Crippen LogP contribution in [0, 0.1) is 0 Å². The highest BCUT2D eigenvalue weighted by Gasteiger charge is 2.09. The normalized spacial score (nSPS) is 11.6. The number of rotatable bonds is 6. The summed E-state index contributed by atoms with van der Waals surface area (Å²) in [6.07, 6.45) is 0. The van der Waals surface area contributed by atoms with E-state index < -0.39 is 0 Å². The largest absolute Gasteiger partial charge is 0.492 e. The first-order valence-corrected chi connectivity index (χ1v) is 9.09. The van der Waals surface area contributed by atoms with Crippen LogP contribution in [0.3, 0.4) is 0 Å². The first kappa shape index (κ1) is 18.1. The van der Waals surface area contributed by atoms with Crippen LogP contribution in [0.2, 0.25) is 10.0 Å². The molecule has 0 fully saturated rings. The Balaban J connectivity index is 1.93. The third-order valence-electron chi connectivity index (χ3n) is 4.38. The number of aromatic amines is 1. The first-order chi connectivity index (χ1) is 12.0. The molecular formula is C19H20Cl2N2O2. The van der Waals surface area contributed by atoms with Gasteiger partial charge in [0, 0.05) is 23.4 Å². The molecule has 1 aromatic heterocycles. The summed E-state index contributed by atoms with van der Waals surface area (Å²) < 4.78 is 5.83. The van der Waals surface area contributed by atoms with Crippen molar-refractivity contribution in [2.45, 2.75) is 13.8 Å². The Kier molecular flexibility index (Phi) is 5.52. The van der Waals surface area contributed by atoms with Crippen LogP contribution in [0.1, 0.15) is 13.8 Å². The number of aromatic nitrogens is 1. The quantitative estimate of drug-likeness (QED) is 0.631. The zero-order chi connectivity index (χ0) is 18.0. The Labute approximate surface area is 156 Å². The molecule has 25 heavy (non-hydrogen) atoms. The number of fused-ring (bicyclic) bond motifs is 2. The molecule has 3 aromatic rings. The lowest BCUT2D eigenvalue weighted by Crippen LogP contribution is -2.27. The van der Waals surface area contributed by atoms with E-state index >= 15 is 0 Å². The Morgan fingerprint density at radius 3 is 2.40 bits per heavy atom. The highest BCUT2D eigenvalue weighted by Crippen LogP contribution is 2.27. The molecule has 0 aliphatic rings. The highest BCUT2D eigenvalue weighted by atomic mass is 35.5. The average Bonchev–Trinajstić information content (AvgIpc) is 2.61. The van der Waals surface area contributed by atoms with Crippen LogP contribution in [0.4, 0.5) is 0 Å². The molecular weight excluding hydrogens is 359 g/mol. The minimum atomic E-state index is -0.0722. The maximum atomic E-state index is 12.7. The molecule has 0 unspecified atom stereocenters. The monoisotopic (exact) mass is 378 g/mol. The van der Waals surface area contributed by atoms with Crippen molar-refractivity contribution in [1.29, 1.82) is 0 Å². The lowest BCUT2D eigenvalue weighted by atomic mass is 10.1. The molecule has 0 aliphatic heterocycles. The van der Waals surface area contributed by atoms with E-state index in [1.807, 2.05) is 12.1 Å². The third-order valence-corrected chi connectivity index (χ3v) is 5.10. The van der Waals surface area contributed by atoms with Gasteiger partial charge in [0.2, 0.25) is 0 Å². The predicted octanol–water partition coefficient (Wildman–Crippen LogP) is 4.71. The molecule has 0 aliphatic carbocycles. The fourth-order valence-electron chi connectivity index (χ4n) is 2.88. The van der Waals surface area contributed by atoms with E-state index in [2.05, 4.69) is 23.7 Å². The van der Waals surface area contributed by atoms with E-state index in [0.29, 0.717) is 32.9 Å². The van der Waals surface area contributed by atoms with Gasteiger partial charge in [0.05, 0.1) is 21.1 Å². The predicted molar refractivity (Wildman–Crippen MR) is 105 cm³/mol. The minimum absolute atomic E-state index is 0.0722. The summed E-state index contributed by atoms with van der Waals surface area (Å²) >= 11 is 12.1. The van der Waals surface area contributed by atoms with Crippen molar-refractivity contribution < 1.29 is 4.74 Å². The van der Waals surface area contributed by atoms with Crippen LogP contribution in [0.5, 0.6) is 5.75 Å². The topological polar surface area (TPSA) is 45.3 Å². The van der Waals surface area contributed by atoms with Gasteiger partial charge in [-0.1, -0.05) is 37.0 Å². The molecule has 4 nitrogen and oxygen atoms in total. The van der Waals surface area contributed by atoms with Gasteiger partial charge in [-0.2, -0.15) is 0 Å². The molecule has 132 valence electrons. The molecule has 1 heterocycles. The molecule has 0 radical (unpaired) electrons. The molecule has 0 atom stereocenters. The number of ether oxygens (including phenoxy) is 1. The van der Waals surface area contributed by atoms with Gasteiger partial charge in [-0.05, 0) is 37.4 Å². The SMILES string of the molecule is CCN(CC)CCOc1ccc2c(=O)c3cc(Cl)c(Cl)cc3[nH]c2c1. The van der Waals surface area contributed by atoms with Gasteiger partial charge >= 0.3 is 0 Å². The summed E-state index contributed by atoms with van der Waals surface area (Å²) in [4.78, 5) is 18.2. The zero-order valence-electron chi connectivity index (χ0n) is 14.2. The second-order valence-electron chi connectivity index (χ2n) is 5.85. The lowest BCUT2D eigenvalue weighted by Gasteiger charge is -2.18. The maximum Gasteiger partial charge on any atom is 0.197 e. The van der Waals surface area contributed by atoms with E-state index in [0.717, 1.165) is 30.9 Å². The second kappa shape index (κ2) is 7.65. The van der Waals surface area contributed by atoms with Crippen LogP contribution in [0.15, 0.2) is 35.1 Å². The van der Waals surface area contributed by atoms with Crippen molar-refractivity contribution in [2.75, 3.05) is 26.2 Å². The van der Waals surface area contributed by atoms with Gasteiger partial charge in [0.25, 0.3) is 0 Å². The Morgan fingerprint density at radius 2 is 1.68 bits per heavy atom. The van der Waals surface area contributed by atoms with Crippen molar-refractivity contribution >= 4 is 45.0 Å². The Hall–Kier alpha value is -1.75. The van der Waals surface area contributed by atoms with E-state index in [9.17, 15) is 4.79 Å². The smallest absolute Gasteiger partial charge is 0.197 e. The molecule has 6 heteroatoms. The van der Waals surface area contributed by atoms with E-state index in [1.165, 1.54) is 0 Å². The standard InChI is InChI=1S/C19H20Cl2N2O2/c1-3-23(4-2)7-8-25-12-5-6-13-17(9-12)22-18-11-16(21)15(20)10-14(18)19(13)24/h5-6,9-11H,3-4,7-8H2,1-2H3,(H,22,24). The Bertz CT molecular complexity index is 965. The Morgan fingerprint density at radius 1 is 1.00 bits per heavy atom. The molecule has 0 saturated carbocycles. The average molecular weight is 379 g/mol. The number of likely N-dealkylation sites (N-methyl/N-ethyl adjacent to an activating group) is 1. The van der Waals surface area contributed by atoms with Crippen LogP contribution in [-0.4, -0.2) is 36.1 Å². The van der Waals surface area contributed by atoms with Crippen LogP contribution < -0.4 is 10.2 Å². The summed E-state index contributed by atoms with van der Waals surface area (Å²) in [7, 11) is 0. The lowest BCUT2D eigenvalue weighted by molar-refractivity contribution is 0.223. The van der Waals surface area contributed by atoms with Crippen molar-refractivity contribution in [2.24, 2.45) is 0 Å². The number of benzene rings is 2. The number of halogens is 2. The van der Waals surface area contributed by atoms with Gasteiger partial charge in [-0.15, -0.1) is 0 Å². The highest BCUT2D eigenvalue weighted by molar-refractivity contribution is 6.42. The minimum Gasteiger partial charge on any atom is -0.492 e. The number of nitrogens with one attached hydrogen (secondary N) is 1. The second-order valence-corrected chi connectivity index (χ2v) is 6.66. The van der Waals surface area contributed by atoms with E-state index in [4.69, 9.17) is 27.9 Å². The third kappa shape index (κ3) is 3.76. The number of pyridine rings is 1. The summed E-state index contributed by atoms with van der Waals surface area (Å²) in [6, 6.07) is 8.73. The fourth-order valence-corrected chi connectivity index (χ4v) is 3.20. The van der Waals surface area contributed by atoms with Gasteiger partial charge in [0.15, 0.2) is 5.43 Å². The van der Waals surface area contributed by atoms with Crippen molar-refractivity contribution in [3.63, 3.8) is 0 Å². The molecule has 0 amide bonds. The summed E-state index contributed by atoms with van der Waals surface area (Å²) in [5, 5.41) is 1.91. The van der Waals surface area contributed by atoms with Gasteiger partial charge in [0.1, 0.15) is 12.4 Å². The van der Waals surface area contributed by atoms with Gasteiger partial charge < -0.3 is 14.6 Å². The van der Waals surface area contributed by atoms with Crippen molar-refractivity contribution in [3.8, 4) is 5.75 Å². The summed E-state index contributed by atoms with van der Waals surface area (Å²) in [6.45, 7) is 7.74. The van der Waals surface area contributed by atoms with Gasteiger partial charge in [-0.25, -0.2) is 0 Å². The summed E-state index contributed by atoms with van der Waals surface area (Å²) in [5.41, 5.74) is 1.31. The van der Waals surface area contributed by atoms with E-state index in [1.54, 1.807) is 18.2 Å². The van der Waals surface area contributed by atoms with Crippen LogP contribution in [0.25, 0.3) is 21.8 Å². The number of H-pyrrole nitrogens is 1. The van der Waals surface area contributed by atoms with E-state index in [-0.39, 0.29) is 5.43 Å². The molecule has 1 N–H and O–H groups in total. The fraction of sp³-hybridized carbons (Fsp3) is 0.316. The molecule has 0 bridgehead atoms. The zero-order valence-corrected chi connectivity index (χ0v) is 15.7. The van der Waals surface area contributed by atoms with Crippen LogP contribution in [-0.2, 0) is 0 Å². The molecule has 2 aromatic carbocycles. The number of nitrogens with zero attached hydrogens (tertiary/aromatic N) is 1. The molecule has 0 spiro atoms. The summed E-state index contributed by atoms with van der Waals surface area (Å²) in [5.74, 6) is 0.731. The molecule has 3 rings (SSSR count). The van der Waals surface area contributed by atoms with Gasteiger partial charge in [-0.3, -0.25) is 4.79 Å². The molecule has 0 saturated heterocycles.